The monoisotopic (exact) mass is 299 g/mol. The normalized spacial score (nSPS) is 25.1. The SMILES string of the molecule is C=Cc1ccc(C2NC(=O)C2I)cc1. The maximum atomic E-state index is 11.0. The molecule has 2 unspecified atom stereocenters. The van der Waals surface area contributed by atoms with Gasteiger partial charge in [0.1, 0.15) is 3.92 Å². The van der Waals surface area contributed by atoms with Crippen LogP contribution in [0.3, 0.4) is 0 Å². The van der Waals surface area contributed by atoms with E-state index in [2.05, 4.69) is 34.5 Å². The Bertz CT molecular complexity index is 371. The maximum absolute atomic E-state index is 11.0. The lowest BCUT2D eigenvalue weighted by Gasteiger charge is -2.33. The molecule has 2 rings (SSSR count). The lowest BCUT2D eigenvalue weighted by Crippen LogP contribution is -2.52. The molecule has 72 valence electrons. The number of amides is 1. The minimum atomic E-state index is 0.0715. The molecule has 0 spiro atoms. The van der Waals surface area contributed by atoms with E-state index in [0.717, 1.165) is 11.1 Å². The summed E-state index contributed by atoms with van der Waals surface area (Å²) in [6.07, 6.45) is 1.81. The molecule has 2 atom stereocenters. The Morgan fingerprint density at radius 1 is 1.36 bits per heavy atom. The summed E-state index contributed by atoms with van der Waals surface area (Å²) in [6.45, 7) is 3.70. The number of carbonyl (C=O) groups excluding carboxylic acids is 1. The Morgan fingerprint density at radius 2 is 2.00 bits per heavy atom. The van der Waals surface area contributed by atoms with E-state index in [1.54, 1.807) is 0 Å². The number of nitrogens with one attached hydrogen (secondary N) is 1. The zero-order valence-corrected chi connectivity index (χ0v) is 9.69. The summed E-state index contributed by atoms with van der Waals surface area (Å²) in [4.78, 5) is 11.0. The highest BCUT2D eigenvalue weighted by atomic mass is 127. The van der Waals surface area contributed by atoms with Gasteiger partial charge in [-0.2, -0.15) is 0 Å². The largest absolute Gasteiger partial charge is 0.347 e. The first-order chi connectivity index (χ1) is 6.72. The van der Waals surface area contributed by atoms with Gasteiger partial charge < -0.3 is 5.32 Å². The van der Waals surface area contributed by atoms with Crippen molar-refractivity contribution >= 4 is 34.6 Å². The number of hydrogen-bond donors (Lipinski definition) is 1. The van der Waals surface area contributed by atoms with E-state index in [4.69, 9.17) is 0 Å². The van der Waals surface area contributed by atoms with Crippen molar-refractivity contribution in [3.05, 3.63) is 42.0 Å². The molecule has 1 heterocycles. The molecule has 1 aromatic rings. The summed E-state index contributed by atoms with van der Waals surface area (Å²) in [5.74, 6) is 0.128. The number of benzene rings is 1. The first-order valence-corrected chi connectivity index (χ1v) is 5.64. The molecule has 14 heavy (non-hydrogen) atoms. The summed E-state index contributed by atoms with van der Waals surface area (Å²) in [6, 6.07) is 8.27. The van der Waals surface area contributed by atoms with Crippen LogP contribution < -0.4 is 5.32 Å². The van der Waals surface area contributed by atoms with Gasteiger partial charge in [0.05, 0.1) is 6.04 Å². The van der Waals surface area contributed by atoms with Gasteiger partial charge in [-0.25, -0.2) is 0 Å². The minimum Gasteiger partial charge on any atom is -0.347 e. The van der Waals surface area contributed by atoms with Crippen LogP contribution >= 0.6 is 22.6 Å². The molecule has 0 aromatic heterocycles. The van der Waals surface area contributed by atoms with Crippen LogP contribution in [-0.2, 0) is 4.79 Å². The van der Waals surface area contributed by atoms with Crippen molar-refractivity contribution in [3.63, 3.8) is 0 Å². The van der Waals surface area contributed by atoms with Crippen LogP contribution in [0.25, 0.3) is 6.08 Å². The van der Waals surface area contributed by atoms with Crippen molar-refractivity contribution in [1.29, 1.82) is 0 Å². The van der Waals surface area contributed by atoms with Crippen molar-refractivity contribution in [2.45, 2.75) is 9.97 Å². The van der Waals surface area contributed by atoms with Crippen LogP contribution in [-0.4, -0.2) is 9.83 Å². The Hall–Kier alpha value is -0.840. The smallest absolute Gasteiger partial charge is 0.235 e. The molecule has 1 N–H and O–H groups in total. The van der Waals surface area contributed by atoms with E-state index in [1.165, 1.54) is 0 Å². The van der Waals surface area contributed by atoms with E-state index >= 15 is 0 Å². The van der Waals surface area contributed by atoms with E-state index in [9.17, 15) is 4.79 Å². The molecule has 0 bridgehead atoms. The first kappa shape index (κ1) is 9.71. The quantitative estimate of drug-likeness (QED) is 0.507. The lowest BCUT2D eigenvalue weighted by molar-refractivity contribution is -0.126. The second kappa shape index (κ2) is 3.73. The second-order valence-electron chi connectivity index (χ2n) is 3.26. The van der Waals surface area contributed by atoms with Crippen LogP contribution in [0.2, 0.25) is 0 Å². The van der Waals surface area contributed by atoms with Crippen molar-refractivity contribution in [2.24, 2.45) is 0 Å². The second-order valence-corrected chi connectivity index (χ2v) is 4.60. The molecule has 1 fully saturated rings. The number of halogens is 1. The number of alkyl halides is 1. The molecule has 0 radical (unpaired) electrons. The average molecular weight is 299 g/mol. The third-order valence-electron chi connectivity index (χ3n) is 2.37. The van der Waals surface area contributed by atoms with Crippen molar-refractivity contribution in [1.82, 2.24) is 5.32 Å². The molecule has 2 nitrogen and oxygen atoms in total. The zero-order valence-electron chi connectivity index (χ0n) is 7.53. The summed E-state index contributed by atoms with van der Waals surface area (Å²) in [5, 5.41) is 2.87. The molecule has 1 aromatic carbocycles. The first-order valence-electron chi connectivity index (χ1n) is 4.39. The molecular formula is C11H10INO. The van der Waals surface area contributed by atoms with Gasteiger partial charge in [-0.05, 0) is 11.1 Å². The third kappa shape index (κ3) is 1.56. The van der Waals surface area contributed by atoms with E-state index < -0.39 is 0 Å². The molecule has 0 saturated carbocycles. The van der Waals surface area contributed by atoms with E-state index in [-0.39, 0.29) is 15.9 Å². The van der Waals surface area contributed by atoms with Crippen LogP contribution in [0.4, 0.5) is 0 Å². The highest BCUT2D eigenvalue weighted by Crippen LogP contribution is 2.30. The Balaban J connectivity index is 2.18. The molecule has 1 aliphatic heterocycles. The minimum absolute atomic E-state index is 0.0715. The predicted octanol–water partition coefficient (Wildman–Crippen LogP) is 2.30. The summed E-state index contributed by atoms with van der Waals surface area (Å²) in [7, 11) is 0. The Labute approximate surface area is 96.5 Å². The number of hydrogen-bond acceptors (Lipinski definition) is 1. The highest BCUT2D eigenvalue weighted by Gasteiger charge is 2.37. The summed E-state index contributed by atoms with van der Waals surface area (Å²) >= 11 is 2.17. The van der Waals surface area contributed by atoms with Gasteiger partial charge in [-0.15, -0.1) is 0 Å². The van der Waals surface area contributed by atoms with E-state index in [0.29, 0.717) is 0 Å². The van der Waals surface area contributed by atoms with Gasteiger partial charge in [-0.1, -0.05) is 59.5 Å². The lowest BCUT2D eigenvalue weighted by atomic mass is 9.96. The van der Waals surface area contributed by atoms with Crippen LogP contribution in [0.15, 0.2) is 30.8 Å². The molecule has 1 amide bonds. The predicted molar refractivity (Wildman–Crippen MR) is 65.2 cm³/mol. The van der Waals surface area contributed by atoms with Gasteiger partial charge in [-0.3, -0.25) is 4.79 Å². The fourth-order valence-corrected chi connectivity index (χ4v) is 2.23. The van der Waals surface area contributed by atoms with Crippen LogP contribution in [0.5, 0.6) is 0 Å². The highest BCUT2D eigenvalue weighted by molar-refractivity contribution is 14.1. The van der Waals surface area contributed by atoms with E-state index in [1.807, 2.05) is 30.3 Å². The number of carbonyl (C=O) groups is 1. The number of β-lactam (4-membered cyclic amide) rings is 1. The zero-order chi connectivity index (χ0) is 10.1. The van der Waals surface area contributed by atoms with Gasteiger partial charge in [0.25, 0.3) is 0 Å². The summed E-state index contributed by atoms with van der Waals surface area (Å²) in [5.41, 5.74) is 2.26. The van der Waals surface area contributed by atoms with Crippen molar-refractivity contribution in [3.8, 4) is 0 Å². The van der Waals surface area contributed by atoms with Crippen LogP contribution in [0, 0.1) is 0 Å². The number of rotatable bonds is 2. The standard InChI is InChI=1S/C11H10INO/c1-2-7-3-5-8(6-4-7)10-9(12)11(14)13-10/h2-6,9-10H,1H2,(H,13,14). The maximum Gasteiger partial charge on any atom is 0.235 e. The Kier molecular flexibility index (Phi) is 2.58. The van der Waals surface area contributed by atoms with Gasteiger partial charge in [0.15, 0.2) is 0 Å². The molecule has 0 aliphatic carbocycles. The molecule has 1 aliphatic rings. The third-order valence-corrected chi connectivity index (χ3v) is 3.66. The topological polar surface area (TPSA) is 29.1 Å². The van der Waals surface area contributed by atoms with Gasteiger partial charge >= 0.3 is 0 Å². The van der Waals surface area contributed by atoms with Crippen molar-refractivity contribution in [2.75, 3.05) is 0 Å². The van der Waals surface area contributed by atoms with Gasteiger partial charge in [0, 0.05) is 0 Å². The van der Waals surface area contributed by atoms with Crippen LogP contribution in [0.1, 0.15) is 17.2 Å². The van der Waals surface area contributed by atoms with Crippen molar-refractivity contribution < 1.29 is 4.79 Å². The molecule has 1 saturated heterocycles. The Morgan fingerprint density at radius 3 is 2.43 bits per heavy atom. The fourth-order valence-electron chi connectivity index (χ4n) is 1.45. The summed E-state index contributed by atoms with van der Waals surface area (Å²) < 4.78 is 0.0715. The molecule has 3 heteroatoms. The fraction of sp³-hybridized carbons (Fsp3) is 0.182. The van der Waals surface area contributed by atoms with Gasteiger partial charge in [0.2, 0.25) is 5.91 Å². The average Bonchev–Trinajstić information content (AvgIpc) is 2.25. The molecular weight excluding hydrogens is 289 g/mol.